The van der Waals surface area contributed by atoms with E-state index in [1.807, 2.05) is 6.07 Å². The Labute approximate surface area is 103 Å². The van der Waals surface area contributed by atoms with Gasteiger partial charge in [0.15, 0.2) is 0 Å². The van der Waals surface area contributed by atoms with Gasteiger partial charge in [-0.05, 0) is 24.1 Å². The van der Waals surface area contributed by atoms with Crippen LogP contribution in [0.4, 0.5) is 0 Å². The van der Waals surface area contributed by atoms with Crippen molar-refractivity contribution < 1.29 is 14.6 Å². The van der Waals surface area contributed by atoms with E-state index in [2.05, 4.69) is 18.6 Å². The molecule has 3 nitrogen and oxygen atoms in total. The molecule has 17 heavy (non-hydrogen) atoms. The van der Waals surface area contributed by atoms with Gasteiger partial charge in [0.25, 0.3) is 0 Å². The Hall–Kier alpha value is -1.51. The summed E-state index contributed by atoms with van der Waals surface area (Å²) in [5.41, 5.74) is 0.936. The van der Waals surface area contributed by atoms with Crippen LogP contribution in [0.2, 0.25) is 0 Å². The molecule has 1 N–H and O–H groups in total. The van der Waals surface area contributed by atoms with E-state index in [4.69, 9.17) is 5.11 Å². The van der Waals surface area contributed by atoms with E-state index in [9.17, 15) is 4.79 Å². The number of rotatable bonds is 4. The predicted octanol–water partition coefficient (Wildman–Crippen LogP) is 3.30. The number of carbonyl (C=O) groups is 1. The minimum atomic E-state index is -0.233. The number of unbranched alkanes of at least 4 members (excludes halogenated alkanes) is 1. The number of carbonyl (C=O) groups excluding carboxylic acids is 1. The number of methoxy groups -OCH3 is 1. The molecule has 0 spiro atoms. The van der Waals surface area contributed by atoms with E-state index < -0.39 is 0 Å². The van der Waals surface area contributed by atoms with Gasteiger partial charge in [0, 0.05) is 6.42 Å². The average molecular weight is 238 g/mol. The predicted molar refractivity (Wildman–Crippen MR) is 69.0 cm³/mol. The van der Waals surface area contributed by atoms with Crippen molar-refractivity contribution in [1.29, 1.82) is 0 Å². The maximum atomic E-state index is 10.8. The van der Waals surface area contributed by atoms with Gasteiger partial charge in [-0.15, -0.1) is 0 Å². The molecule has 1 aromatic rings. The quantitative estimate of drug-likeness (QED) is 0.819. The van der Waals surface area contributed by atoms with Gasteiger partial charge in [0.2, 0.25) is 0 Å². The zero-order valence-corrected chi connectivity index (χ0v) is 10.9. The lowest BCUT2D eigenvalue weighted by Gasteiger charge is -2.00. The van der Waals surface area contributed by atoms with Crippen molar-refractivity contribution in [1.82, 2.24) is 0 Å². The first-order chi connectivity index (χ1) is 8.13. The topological polar surface area (TPSA) is 46.5 Å². The van der Waals surface area contributed by atoms with Crippen LogP contribution in [-0.2, 0) is 16.0 Å². The summed E-state index contributed by atoms with van der Waals surface area (Å²) in [6.45, 7) is 4.36. The zero-order valence-electron chi connectivity index (χ0n) is 10.9. The smallest absolute Gasteiger partial charge is 0.305 e. The summed E-state index contributed by atoms with van der Waals surface area (Å²) in [5, 5.41) is 9.12. The van der Waals surface area contributed by atoms with Crippen LogP contribution in [0.15, 0.2) is 24.3 Å². The molecule has 0 aliphatic heterocycles. The number of phenolic OH excluding ortho intramolecular Hbond substituents is 1. The Balaban J connectivity index is 0.000000557. The third-order valence-corrected chi connectivity index (χ3v) is 2.26. The van der Waals surface area contributed by atoms with E-state index in [1.165, 1.54) is 20.0 Å². The average Bonchev–Trinajstić information content (AvgIpc) is 2.36. The Morgan fingerprint density at radius 1 is 1.29 bits per heavy atom. The number of hydrogen-bond donors (Lipinski definition) is 1. The van der Waals surface area contributed by atoms with Crippen molar-refractivity contribution in [2.45, 2.75) is 39.5 Å². The summed E-state index contributed by atoms with van der Waals surface area (Å²) in [7, 11) is 1.37. The molecule has 0 saturated carbocycles. The van der Waals surface area contributed by atoms with Gasteiger partial charge in [-0.3, -0.25) is 4.79 Å². The van der Waals surface area contributed by atoms with Crippen molar-refractivity contribution in [2.24, 2.45) is 0 Å². The fourth-order valence-electron chi connectivity index (χ4n) is 1.06. The van der Waals surface area contributed by atoms with Crippen molar-refractivity contribution >= 4 is 5.97 Å². The second-order valence-electron chi connectivity index (χ2n) is 3.75. The monoisotopic (exact) mass is 238 g/mol. The SMILES string of the molecule is CCCC.COC(=O)CCc1cccc(O)c1. The normalized spacial score (nSPS) is 9.12. The van der Waals surface area contributed by atoms with Gasteiger partial charge in [0.1, 0.15) is 5.75 Å². The van der Waals surface area contributed by atoms with Gasteiger partial charge in [0.05, 0.1) is 7.11 Å². The Bertz CT molecular complexity index is 319. The number of benzene rings is 1. The van der Waals surface area contributed by atoms with Crippen molar-refractivity contribution in [3.05, 3.63) is 29.8 Å². The molecule has 0 heterocycles. The Kier molecular flexibility index (Phi) is 8.84. The first-order valence-corrected chi connectivity index (χ1v) is 5.98. The Morgan fingerprint density at radius 2 is 1.94 bits per heavy atom. The first-order valence-electron chi connectivity index (χ1n) is 5.98. The maximum absolute atomic E-state index is 10.8. The summed E-state index contributed by atoms with van der Waals surface area (Å²) in [4.78, 5) is 10.8. The molecule has 96 valence electrons. The van der Waals surface area contributed by atoms with E-state index in [-0.39, 0.29) is 11.7 Å². The highest BCUT2D eigenvalue weighted by Gasteiger charge is 2.01. The number of esters is 1. The van der Waals surface area contributed by atoms with Crippen LogP contribution in [-0.4, -0.2) is 18.2 Å². The summed E-state index contributed by atoms with van der Waals surface area (Å²) in [6.07, 6.45) is 3.58. The lowest BCUT2D eigenvalue weighted by atomic mass is 10.1. The molecular formula is C14H22O3. The van der Waals surface area contributed by atoms with Crippen LogP contribution in [0.1, 0.15) is 38.7 Å². The lowest BCUT2D eigenvalue weighted by molar-refractivity contribution is -0.140. The van der Waals surface area contributed by atoms with Crippen LogP contribution in [0, 0.1) is 0 Å². The first kappa shape index (κ1) is 15.5. The number of aryl methyl sites for hydroxylation is 1. The third-order valence-electron chi connectivity index (χ3n) is 2.26. The number of hydrogen-bond acceptors (Lipinski definition) is 3. The molecule has 0 unspecified atom stereocenters. The van der Waals surface area contributed by atoms with E-state index in [0.29, 0.717) is 12.8 Å². The molecule has 1 rings (SSSR count). The lowest BCUT2D eigenvalue weighted by Crippen LogP contribution is -2.01. The van der Waals surface area contributed by atoms with Crippen LogP contribution >= 0.6 is 0 Å². The molecule has 3 heteroatoms. The van der Waals surface area contributed by atoms with E-state index in [1.54, 1.807) is 18.2 Å². The highest BCUT2D eigenvalue weighted by Crippen LogP contribution is 2.12. The van der Waals surface area contributed by atoms with E-state index in [0.717, 1.165) is 5.56 Å². The Morgan fingerprint density at radius 3 is 2.41 bits per heavy atom. The summed E-state index contributed by atoms with van der Waals surface area (Å²) >= 11 is 0. The number of aromatic hydroxyl groups is 1. The van der Waals surface area contributed by atoms with E-state index >= 15 is 0 Å². The summed E-state index contributed by atoms with van der Waals surface area (Å²) in [5.74, 6) is -0.00860. The van der Waals surface area contributed by atoms with Crippen molar-refractivity contribution in [3.8, 4) is 5.75 Å². The second-order valence-corrected chi connectivity index (χ2v) is 3.75. The second kappa shape index (κ2) is 9.70. The molecule has 0 aliphatic rings. The molecule has 0 fully saturated rings. The minimum absolute atomic E-state index is 0.224. The molecule has 0 atom stereocenters. The van der Waals surface area contributed by atoms with Gasteiger partial charge < -0.3 is 9.84 Å². The van der Waals surface area contributed by atoms with Crippen LogP contribution in [0.3, 0.4) is 0 Å². The summed E-state index contributed by atoms with van der Waals surface area (Å²) in [6, 6.07) is 6.86. The van der Waals surface area contributed by atoms with Gasteiger partial charge in [-0.1, -0.05) is 38.8 Å². The van der Waals surface area contributed by atoms with Gasteiger partial charge in [-0.25, -0.2) is 0 Å². The number of ether oxygens (including phenoxy) is 1. The third kappa shape index (κ3) is 8.31. The molecule has 1 aromatic carbocycles. The molecule has 0 bridgehead atoms. The van der Waals surface area contributed by atoms with Gasteiger partial charge >= 0.3 is 5.97 Å². The zero-order chi connectivity index (χ0) is 13.1. The van der Waals surface area contributed by atoms with Crippen molar-refractivity contribution in [3.63, 3.8) is 0 Å². The standard InChI is InChI=1S/C10H12O3.C4H10/c1-13-10(12)6-5-8-3-2-4-9(11)7-8;1-3-4-2/h2-4,7,11H,5-6H2,1H3;3-4H2,1-2H3. The van der Waals surface area contributed by atoms with Crippen LogP contribution in [0.25, 0.3) is 0 Å². The van der Waals surface area contributed by atoms with Crippen LogP contribution in [0.5, 0.6) is 5.75 Å². The molecule has 0 amide bonds. The number of phenols is 1. The van der Waals surface area contributed by atoms with Crippen LogP contribution < -0.4 is 0 Å². The molecule has 0 aromatic heterocycles. The fourth-order valence-corrected chi connectivity index (χ4v) is 1.06. The molecule has 0 aliphatic carbocycles. The largest absolute Gasteiger partial charge is 0.508 e. The summed E-state index contributed by atoms with van der Waals surface area (Å²) < 4.78 is 4.50. The highest BCUT2D eigenvalue weighted by atomic mass is 16.5. The highest BCUT2D eigenvalue weighted by molar-refractivity contribution is 5.69. The van der Waals surface area contributed by atoms with Crippen molar-refractivity contribution in [2.75, 3.05) is 7.11 Å². The fraction of sp³-hybridized carbons (Fsp3) is 0.500. The molecule has 0 radical (unpaired) electrons. The maximum Gasteiger partial charge on any atom is 0.305 e. The minimum Gasteiger partial charge on any atom is -0.508 e. The molecular weight excluding hydrogens is 216 g/mol. The molecule has 0 saturated heterocycles. The van der Waals surface area contributed by atoms with Gasteiger partial charge in [-0.2, -0.15) is 0 Å².